The van der Waals surface area contributed by atoms with Gasteiger partial charge in [0.1, 0.15) is 26.9 Å². The van der Waals surface area contributed by atoms with Crippen molar-refractivity contribution in [3.63, 3.8) is 0 Å². The van der Waals surface area contributed by atoms with Gasteiger partial charge in [0.05, 0.1) is 6.10 Å². The van der Waals surface area contributed by atoms with Crippen molar-refractivity contribution in [1.29, 1.82) is 0 Å². The molecular formula is C20H36N4O6. The number of carbonyl (C=O) groups excluding carboxylic acids is 2. The minimum atomic E-state index is -0.529. The van der Waals surface area contributed by atoms with Crippen molar-refractivity contribution in [3.8, 4) is 0 Å². The van der Waals surface area contributed by atoms with Gasteiger partial charge in [-0.2, -0.15) is 0 Å². The van der Waals surface area contributed by atoms with Crippen LogP contribution in [0, 0.1) is 5.92 Å². The predicted octanol–water partition coefficient (Wildman–Crippen LogP) is 2.26. The highest BCUT2D eigenvalue weighted by Crippen LogP contribution is 2.36. The SMILES string of the molecule is CCC(OCN1C(=O)N(COC)C2C1N(COC)C(=O)N2COC)C1CCCCC1. The number of nitrogens with zero attached hydrogens (tertiary/aromatic N) is 4. The van der Waals surface area contributed by atoms with Crippen molar-refractivity contribution < 1.29 is 28.5 Å². The van der Waals surface area contributed by atoms with E-state index in [0.717, 1.165) is 6.42 Å². The Bertz CT molecular complexity index is 584. The molecule has 10 heteroatoms. The monoisotopic (exact) mass is 428 g/mol. The van der Waals surface area contributed by atoms with Crippen LogP contribution < -0.4 is 0 Å². The number of ether oxygens (including phenoxy) is 4. The third kappa shape index (κ3) is 4.37. The molecule has 0 aromatic carbocycles. The van der Waals surface area contributed by atoms with Crippen molar-refractivity contribution in [3.05, 3.63) is 0 Å². The maximum Gasteiger partial charge on any atom is 0.327 e. The summed E-state index contributed by atoms with van der Waals surface area (Å²) in [5, 5.41) is 0. The van der Waals surface area contributed by atoms with Crippen molar-refractivity contribution >= 4 is 12.1 Å². The molecule has 2 heterocycles. The fourth-order valence-electron chi connectivity index (χ4n) is 4.98. The Kier molecular flexibility index (Phi) is 8.15. The molecule has 172 valence electrons. The zero-order valence-electron chi connectivity index (χ0n) is 18.6. The van der Waals surface area contributed by atoms with E-state index in [1.165, 1.54) is 58.3 Å². The van der Waals surface area contributed by atoms with Crippen LogP contribution in [0.15, 0.2) is 0 Å². The van der Waals surface area contributed by atoms with E-state index < -0.39 is 12.3 Å². The summed E-state index contributed by atoms with van der Waals surface area (Å²) in [5.41, 5.74) is 0. The molecule has 3 unspecified atom stereocenters. The van der Waals surface area contributed by atoms with Gasteiger partial charge in [0.25, 0.3) is 0 Å². The predicted molar refractivity (Wildman–Crippen MR) is 108 cm³/mol. The molecule has 0 bridgehead atoms. The van der Waals surface area contributed by atoms with E-state index in [-0.39, 0.29) is 45.1 Å². The largest absolute Gasteiger partial charge is 0.364 e. The van der Waals surface area contributed by atoms with E-state index >= 15 is 0 Å². The lowest BCUT2D eigenvalue weighted by Crippen LogP contribution is -2.49. The second kappa shape index (κ2) is 10.6. The van der Waals surface area contributed by atoms with Gasteiger partial charge in [-0.1, -0.05) is 26.2 Å². The maximum atomic E-state index is 13.2. The van der Waals surface area contributed by atoms with Crippen molar-refractivity contribution in [2.45, 2.75) is 63.9 Å². The topological polar surface area (TPSA) is 84.0 Å². The second-order valence-corrected chi connectivity index (χ2v) is 8.17. The smallest absolute Gasteiger partial charge is 0.327 e. The van der Waals surface area contributed by atoms with Crippen LogP contribution in [0.4, 0.5) is 9.59 Å². The quantitative estimate of drug-likeness (QED) is 0.502. The van der Waals surface area contributed by atoms with E-state index in [4.69, 9.17) is 18.9 Å². The highest BCUT2D eigenvalue weighted by Gasteiger charge is 2.59. The number of fused-ring (bicyclic) bond motifs is 1. The van der Waals surface area contributed by atoms with Crippen LogP contribution in [0.1, 0.15) is 45.4 Å². The number of urea groups is 2. The molecule has 3 fully saturated rings. The Morgan fingerprint density at radius 2 is 1.20 bits per heavy atom. The minimum Gasteiger partial charge on any atom is -0.364 e. The van der Waals surface area contributed by atoms with E-state index in [1.807, 2.05) is 0 Å². The number of hydrogen-bond acceptors (Lipinski definition) is 6. The molecule has 3 rings (SSSR count). The zero-order chi connectivity index (χ0) is 21.7. The molecule has 0 spiro atoms. The molecule has 10 nitrogen and oxygen atoms in total. The highest BCUT2D eigenvalue weighted by atomic mass is 16.5. The lowest BCUT2D eigenvalue weighted by molar-refractivity contribution is -0.0690. The molecule has 3 aliphatic rings. The molecule has 1 aliphatic carbocycles. The molecule has 30 heavy (non-hydrogen) atoms. The molecule has 2 aliphatic heterocycles. The van der Waals surface area contributed by atoms with Crippen LogP contribution in [0.3, 0.4) is 0 Å². The summed E-state index contributed by atoms with van der Waals surface area (Å²) in [6.07, 6.45) is 6.06. The molecule has 0 aromatic heterocycles. The normalized spacial score (nSPS) is 26.1. The van der Waals surface area contributed by atoms with Gasteiger partial charge in [0, 0.05) is 21.3 Å². The van der Waals surface area contributed by atoms with Crippen molar-refractivity contribution in [2.75, 3.05) is 48.3 Å². The summed E-state index contributed by atoms with van der Waals surface area (Å²) in [6.45, 7) is 2.47. The summed E-state index contributed by atoms with van der Waals surface area (Å²) in [7, 11) is 4.58. The Morgan fingerprint density at radius 1 is 0.767 bits per heavy atom. The molecule has 0 N–H and O–H groups in total. The van der Waals surface area contributed by atoms with Gasteiger partial charge in [-0.15, -0.1) is 0 Å². The molecular weight excluding hydrogens is 392 g/mol. The highest BCUT2D eigenvalue weighted by molar-refractivity contribution is 5.85. The number of carbonyl (C=O) groups is 2. The van der Waals surface area contributed by atoms with Crippen molar-refractivity contribution in [1.82, 2.24) is 19.6 Å². The van der Waals surface area contributed by atoms with E-state index in [0.29, 0.717) is 5.92 Å². The molecule has 3 atom stereocenters. The lowest BCUT2D eigenvalue weighted by atomic mass is 9.84. The summed E-state index contributed by atoms with van der Waals surface area (Å²) in [5.74, 6) is 0.526. The van der Waals surface area contributed by atoms with Gasteiger partial charge in [-0.05, 0) is 25.2 Å². The van der Waals surface area contributed by atoms with Crippen LogP contribution in [-0.4, -0.2) is 98.4 Å². The second-order valence-electron chi connectivity index (χ2n) is 8.17. The zero-order valence-corrected chi connectivity index (χ0v) is 18.6. The molecule has 2 saturated heterocycles. The number of amides is 4. The van der Waals surface area contributed by atoms with Gasteiger partial charge >= 0.3 is 12.1 Å². The van der Waals surface area contributed by atoms with E-state index in [9.17, 15) is 9.59 Å². The lowest BCUT2D eigenvalue weighted by Gasteiger charge is -2.33. The third-order valence-electron chi connectivity index (χ3n) is 6.34. The fraction of sp³-hybridized carbons (Fsp3) is 0.900. The van der Waals surface area contributed by atoms with Crippen LogP contribution in [0.5, 0.6) is 0 Å². The van der Waals surface area contributed by atoms with Gasteiger partial charge in [0.2, 0.25) is 0 Å². The third-order valence-corrected chi connectivity index (χ3v) is 6.34. The molecule has 1 saturated carbocycles. The van der Waals surface area contributed by atoms with Crippen molar-refractivity contribution in [2.24, 2.45) is 5.92 Å². The maximum absolute atomic E-state index is 13.2. The van der Waals surface area contributed by atoms with Crippen LogP contribution in [-0.2, 0) is 18.9 Å². The summed E-state index contributed by atoms with van der Waals surface area (Å²) in [4.78, 5) is 32.5. The summed E-state index contributed by atoms with van der Waals surface area (Å²) < 4.78 is 22.0. The standard InChI is InChI=1S/C20H36N4O6/c1-5-16(15-9-7-6-8-10-15)30-14-24-18-17(22(12-28-3)20(24)26)21(11-27-2)19(25)23(18)13-29-4/h15-18H,5-14H2,1-4H3. The molecule has 0 aromatic rings. The summed E-state index contributed by atoms with van der Waals surface area (Å²) >= 11 is 0. The first-order valence-corrected chi connectivity index (χ1v) is 10.8. The van der Waals surface area contributed by atoms with Crippen LogP contribution >= 0.6 is 0 Å². The fourth-order valence-corrected chi connectivity index (χ4v) is 4.98. The first-order chi connectivity index (χ1) is 14.6. The van der Waals surface area contributed by atoms with E-state index in [2.05, 4.69) is 6.92 Å². The van der Waals surface area contributed by atoms with Crippen LogP contribution in [0.2, 0.25) is 0 Å². The van der Waals surface area contributed by atoms with E-state index in [1.54, 1.807) is 14.7 Å². The number of rotatable bonds is 11. The first-order valence-electron chi connectivity index (χ1n) is 10.8. The Hall–Kier alpha value is -1.62. The first kappa shape index (κ1) is 23.1. The molecule has 4 amide bonds. The van der Waals surface area contributed by atoms with Gasteiger partial charge < -0.3 is 18.9 Å². The van der Waals surface area contributed by atoms with Crippen LogP contribution in [0.25, 0.3) is 0 Å². The Morgan fingerprint density at radius 3 is 1.60 bits per heavy atom. The Labute approximate surface area is 178 Å². The molecule has 0 radical (unpaired) electrons. The minimum absolute atomic E-state index is 0.0715. The Balaban J connectivity index is 1.79. The average Bonchev–Trinajstić information content (AvgIpc) is 3.17. The average molecular weight is 429 g/mol. The van der Waals surface area contributed by atoms with Gasteiger partial charge in [-0.3, -0.25) is 19.6 Å². The number of hydrogen-bond donors (Lipinski definition) is 0. The van der Waals surface area contributed by atoms with Gasteiger partial charge in [0.15, 0.2) is 12.3 Å². The summed E-state index contributed by atoms with van der Waals surface area (Å²) in [6, 6.07) is -0.466. The van der Waals surface area contributed by atoms with Gasteiger partial charge in [-0.25, -0.2) is 9.59 Å². The number of methoxy groups -OCH3 is 3.